The van der Waals surface area contributed by atoms with Gasteiger partial charge in [0.15, 0.2) is 5.78 Å². The van der Waals surface area contributed by atoms with Crippen molar-refractivity contribution in [2.24, 2.45) is 0 Å². The molecule has 6 heteroatoms. The molecule has 4 nitrogen and oxygen atoms in total. The molecule has 0 spiro atoms. The van der Waals surface area contributed by atoms with Gasteiger partial charge in [-0.1, -0.05) is 34.1 Å². The van der Waals surface area contributed by atoms with Crippen molar-refractivity contribution in [1.29, 1.82) is 0 Å². The van der Waals surface area contributed by atoms with Gasteiger partial charge in [0.2, 0.25) is 0 Å². The number of halogens is 1. The van der Waals surface area contributed by atoms with Gasteiger partial charge in [-0.05, 0) is 37.3 Å². The largest absolute Gasteiger partial charge is 0.295 e. The molecule has 2 aromatic carbocycles. The summed E-state index contributed by atoms with van der Waals surface area (Å²) in [5, 5.41) is 0. The van der Waals surface area contributed by atoms with E-state index in [-0.39, 0.29) is 10.7 Å². The van der Waals surface area contributed by atoms with E-state index in [4.69, 9.17) is 0 Å². The number of ketones is 1. The van der Waals surface area contributed by atoms with Crippen LogP contribution in [0.3, 0.4) is 0 Å². The van der Waals surface area contributed by atoms with E-state index in [9.17, 15) is 13.2 Å². The van der Waals surface area contributed by atoms with E-state index >= 15 is 0 Å². The summed E-state index contributed by atoms with van der Waals surface area (Å²) < 4.78 is 27.7. The van der Waals surface area contributed by atoms with Gasteiger partial charge in [0.1, 0.15) is 0 Å². The maximum atomic E-state index is 12.2. The van der Waals surface area contributed by atoms with Crippen molar-refractivity contribution in [3.63, 3.8) is 0 Å². The van der Waals surface area contributed by atoms with Crippen molar-refractivity contribution in [3.05, 3.63) is 58.6 Å². The van der Waals surface area contributed by atoms with Crippen molar-refractivity contribution in [2.45, 2.75) is 11.8 Å². The molecule has 20 heavy (non-hydrogen) atoms. The number of carbonyl (C=O) groups excluding carboxylic acids is 1. The number of anilines is 1. The Bertz CT molecular complexity index is 757. The van der Waals surface area contributed by atoms with E-state index in [1.807, 2.05) is 0 Å². The summed E-state index contributed by atoms with van der Waals surface area (Å²) in [6, 6.07) is 12.8. The third-order valence-electron chi connectivity index (χ3n) is 2.63. The van der Waals surface area contributed by atoms with Crippen LogP contribution >= 0.6 is 15.9 Å². The molecular formula is C14H12BrNO3S. The fourth-order valence-corrected chi connectivity index (χ4v) is 3.14. The first-order valence-electron chi connectivity index (χ1n) is 5.78. The normalized spacial score (nSPS) is 11.1. The molecule has 0 aliphatic rings. The van der Waals surface area contributed by atoms with Gasteiger partial charge < -0.3 is 0 Å². The van der Waals surface area contributed by atoms with E-state index < -0.39 is 10.0 Å². The molecule has 1 N–H and O–H groups in total. The van der Waals surface area contributed by atoms with Gasteiger partial charge in [0.05, 0.1) is 4.90 Å². The molecule has 0 saturated heterocycles. The first-order chi connectivity index (χ1) is 9.38. The molecule has 0 amide bonds. The van der Waals surface area contributed by atoms with Gasteiger partial charge in [-0.2, -0.15) is 0 Å². The Kier molecular flexibility index (Phi) is 4.25. The van der Waals surface area contributed by atoms with Crippen molar-refractivity contribution >= 4 is 37.4 Å². The van der Waals surface area contributed by atoms with Gasteiger partial charge in [0.25, 0.3) is 10.0 Å². The Morgan fingerprint density at radius 2 is 1.80 bits per heavy atom. The Morgan fingerprint density at radius 3 is 2.45 bits per heavy atom. The minimum atomic E-state index is -3.71. The molecule has 0 aromatic heterocycles. The minimum absolute atomic E-state index is 0.0603. The molecule has 2 aromatic rings. The number of carbonyl (C=O) groups is 1. The summed E-state index contributed by atoms with van der Waals surface area (Å²) in [4.78, 5) is 11.4. The number of sulfonamides is 1. The second-order valence-electron chi connectivity index (χ2n) is 4.20. The lowest BCUT2D eigenvalue weighted by Crippen LogP contribution is -2.13. The fourth-order valence-electron chi connectivity index (χ4n) is 1.65. The monoisotopic (exact) mass is 353 g/mol. The van der Waals surface area contributed by atoms with Crippen LogP contribution in [0.1, 0.15) is 17.3 Å². The Morgan fingerprint density at radius 1 is 1.10 bits per heavy atom. The van der Waals surface area contributed by atoms with Crippen LogP contribution in [0.25, 0.3) is 0 Å². The minimum Gasteiger partial charge on any atom is -0.295 e. The summed E-state index contributed by atoms with van der Waals surface area (Å²) in [5.74, 6) is -0.176. The van der Waals surface area contributed by atoms with Gasteiger partial charge in [0, 0.05) is 15.7 Å². The number of hydrogen-bond donors (Lipinski definition) is 1. The maximum Gasteiger partial charge on any atom is 0.261 e. The Balaban J connectivity index is 2.35. The van der Waals surface area contributed by atoms with Crippen LogP contribution in [0.4, 0.5) is 5.69 Å². The Labute approximate surface area is 126 Å². The highest BCUT2D eigenvalue weighted by molar-refractivity contribution is 9.10. The van der Waals surface area contributed by atoms with Crippen LogP contribution < -0.4 is 4.72 Å². The van der Waals surface area contributed by atoms with Crippen LogP contribution in [0.5, 0.6) is 0 Å². The average molecular weight is 354 g/mol. The first-order valence-corrected chi connectivity index (χ1v) is 8.05. The summed E-state index contributed by atoms with van der Waals surface area (Å²) in [5.41, 5.74) is 0.815. The van der Waals surface area contributed by atoms with Gasteiger partial charge in [-0.15, -0.1) is 0 Å². The lowest BCUT2D eigenvalue weighted by Gasteiger charge is -2.09. The maximum absolute atomic E-state index is 12.2. The molecule has 0 aliphatic heterocycles. The number of Topliss-reactive ketones (excluding diaryl/α,β-unsaturated/α-hetero) is 1. The zero-order chi connectivity index (χ0) is 14.8. The van der Waals surface area contributed by atoms with E-state index in [0.29, 0.717) is 11.3 Å². The molecule has 0 unspecified atom stereocenters. The Hall–Kier alpha value is -1.66. The second-order valence-corrected chi connectivity index (χ2v) is 6.80. The van der Waals surface area contributed by atoms with Crippen molar-refractivity contribution in [3.8, 4) is 0 Å². The quantitative estimate of drug-likeness (QED) is 0.856. The predicted molar refractivity (Wildman–Crippen MR) is 81.4 cm³/mol. The zero-order valence-electron chi connectivity index (χ0n) is 10.6. The van der Waals surface area contributed by atoms with E-state index in [1.54, 1.807) is 36.4 Å². The molecule has 0 atom stereocenters. The topological polar surface area (TPSA) is 63.2 Å². The summed E-state index contributed by atoms with van der Waals surface area (Å²) in [6.45, 7) is 1.40. The fraction of sp³-hybridized carbons (Fsp3) is 0.0714. The number of rotatable bonds is 4. The lowest BCUT2D eigenvalue weighted by atomic mass is 10.2. The summed E-state index contributed by atoms with van der Waals surface area (Å²) in [7, 11) is -3.71. The standard InChI is InChI=1S/C14H12BrNO3S/c1-10(17)11-4-2-7-14(8-11)20(18,19)16-13-6-3-5-12(15)9-13/h2-9,16H,1H3. The van der Waals surface area contributed by atoms with Crippen molar-refractivity contribution in [1.82, 2.24) is 0 Å². The molecule has 2 rings (SSSR count). The highest BCUT2D eigenvalue weighted by Crippen LogP contribution is 2.20. The average Bonchev–Trinajstić information content (AvgIpc) is 2.38. The van der Waals surface area contributed by atoms with Crippen LogP contribution in [0.2, 0.25) is 0 Å². The zero-order valence-corrected chi connectivity index (χ0v) is 13.0. The van der Waals surface area contributed by atoms with E-state index in [0.717, 1.165) is 4.47 Å². The predicted octanol–water partition coefficient (Wildman–Crippen LogP) is 3.45. The van der Waals surface area contributed by atoms with E-state index in [1.165, 1.54) is 19.1 Å². The third kappa shape index (κ3) is 3.46. The molecule has 104 valence electrons. The van der Waals surface area contributed by atoms with Crippen LogP contribution in [-0.2, 0) is 10.0 Å². The van der Waals surface area contributed by atoms with Crippen LogP contribution in [0.15, 0.2) is 57.9 Å². The molecule has 0 radical (unpaired) electrons. The van der Waals surface area contributed by atoms with Crippen molar-refractivity contribution < 1.29 is 13.2 Å². The van der Waals surface area contributed by atoms with Gasteiger partial charge in [-0.3, -0.25) is 9.52 Å². The first kappa shape index (κ1) is 14.7. The molecule has 0 bridgehead atoms. The SMILES string of the molecule is CC(=O)c1cccc(S(=O)(=O)Nc2cccc(Br)c2)c1. The molecule has 0 aliphatic carbocycles. The highest BCUT2D eigenvalue weighted by Gasteiger charge is 2.15. The third-order valence-corrected chi connectivity index (χ3v) is 4.50. The molecule has 0 saturated carbocycles. The van der Waals surface area contributed by atoms with Crippen molar-refractivity contribution in [2.75, 3.05) is 4.72 Å². The summed E-state index contributed by atoms with van der Waals surface area (Å²) >= 11 is 3.28. The van der Waals surface area contributed by atoms with Gasteiger partial charge >= 0.3 is 0 Å². The van der Waals surface area contributed by atoms with Crippen LogP contribution in [-0.4, -0.2) is 14.2 Å². The number of hydrogen-bond acceptors (Lipinski definition) is 3. The van der Waals surface area contributed by atoms with E-state index in [2.05, 4.69) is 20.7 Å². The van der Waals surface area contributed by atoms with Gasteiger partial charge in [-0.25, -0.2) is 8.42 Å². The second kappa shape index (κ2) is 5.76. The van der Waals surface area contributed by atoms with Crippen LogP contribution in [0, 0.1) is 0 Å². The smallest absolute Gasteiger partial charge is 0.261 e. The molecule has 0 heterocycles. The molecular weight excluding hydrogens is 342 g/mol. The lowest BCUT2D eigenvalue weighted by molar-refractivity contribution is 0.101. The summed E-state index contributed by atoms with van der Waals surface area (Å²) in [6.07, 6.45) is 0. The number of nitrogens with one attached hydrogen (secondary N) is 1. The molecule has 0 fully saturated rings. The number of benzene rings is 2. The highest BCUT2D eigenvalue weighted by atomic mass is 79.9.